The van der Waals surface area contributed by atoms with Crippen LogP contribution in [-0.2, 0) is 13.1 Å². The van der Waals surface area contributed by atoms with E-state index < -0.39 is 24.0 Å². The zero-order chi connectivity index (χ0) is 17.5. The fourth-order valence-electron chi connectivity index (χ4n) is 2.45. The molecule has 3 aromatic rings. The smallest absolute Gasteiger partial charge is 0.307 e. The first kappa shape index (κ1) is 16.0. The second kappa shape index (κ2) is 5.66. The number of benzene rings is 1. The molecular formula is C15H13F3N4O2. The molecule has 0 spiro atoms. The van der Waals surface area contributed by atoms with E-state index in [0.717, 1.165) is 14.8 Å². The predicted octanol–water partition coefficient (Wildman–Crippen LogP) is 1.81. The van der Waals surface area contributed by atoms with Gasteiger partial charge in [0, 0.05) is 11.8 Å². The van der Waals surface area contributed by atoms with Crippen LogP contribution in [0, 0.1) is 6.92 Å². The van der Waals surface area contributed by atoms with Crippen molar-refractivity contribution >= 4 is 10.9 Å². The lowest BCUT2D eigenvalue weighted by atomic mass is 10.2. The first-order valence-corrected chi connectivity index (χ1v) is 7.04. The van der Waals surface area contributed by atoms with Crippen LogP contribution in [0.3, 0.4) is 0 Å². The van der Waals surface area contributed by atoms with Gasteiger partial charge in [0.25, 0.3) is 5.56 Å². The highest BCUT2D eigenvalue weighted by Gasteiger charge is 2.28. The van der Waals surface area contributed by atoms with Gasteiger partial charge in [-0.2, -0.15) is 18.3 Å². The van der Waals surface area contributed by atoms with Gasteiger partial charge in [-0.1, -0.05) is 11.6 Å². The number of alkyl halides is 3. The quantitative estimate of drug-likeness (QED) is 0.792. The van der Waals surface area contributed by atoms with E-state index in [0.29, 0.717) is 16.5 Å². The van der Waals surface area contributed by atoms with E-state index in [-0.39, 0.29) is 6.54 Å². The Hall–Kier alpha value is -2.84. The van der Waals surface area contributed by atoms with Crippen LogP contribution in [0.5, 0.6) is 0 Å². The van der Waals surface area contributed by atoms with Crippen LogP contribution in [-0.4, -0.2) is 25.5 Å². The van der Waals surface area contributed by atoms with Crippen LogP contribution >= 0.6 is 0 Å². The lowest BCUT2D eigenvalue weighted by Crippen LogP contribution is -2.35. The highest BCUT2D eigenvalue weighted by molar-refractivity contribution is 5.77. The summed E-state index contributed by atoms with van der Waals surface area (Å²) in [5.74, 6) is 0. The molecule has 0 saturated heterocycles. The standard InChI is InChI=1S/C15H13F3N4O2/c1-9-2-3-12-11(4-9)13(23)22(14(24)20-12)7-10-5-19-21(6-10)8-15(16,17)18/h2-6H,7-8H2,1H3,(H,20,24). The highest BCUT2D eigenvalue weighted by Crippen LogP contribution is 2.17. The zero-order valence-electron chi connectivity index (χ0n) is 12.6. The summed E-state index contributed by atoms with van der Waals surface area (Å²) in [6, 6.07) is 5.06. The molecular weight excluding hydrogens is 325 g/mol. The minimum Gasteiger partial charge on any atom is -0.307 e. The van der Waals surface area contributed by atoms with Gasteiger partial charge in [0.05, 0.1) is 23.6 Å². The second-order valence-electron chi connectivity index (χ2n) is 5.53. The number of rotatable bonds is 3. The average molecular weight is 338 g/mol. The predicted molar refractivity (Wildman–Crippen MR) is 80.9 cm³/mol. The van der Waals surface area contributed by atoms with Gasteiger partial charge in [-0.15, -0.1) is 0 Å². The van der Waals surface area contributed by atoms with Gasteiger partial charge in [0.15, 0.2) is 0 Å². The first-order chi connectivity index (χ1) is 11.2. The monoisotopic (exact) mass is 338 g/mol. The van der Waals surface area contributed by atoms with Crippen LogP contribution in [0.4, 0.5) is 13.2 Å². The molecule has 0 aliphatic heterocycles. The van der Waals surface area contributed by atoms with Crippen LogP contribution in [0.1, 0.15) is 11.1 Å². The Morgan fingerprint density at radius 1 is 1.25 bits per heavy atom. The normalized spacial score (nSPS) is 12.0. The van der Waals surface area contributed by atoms with Crippen molar-refractivity contribution in [3.05, 3.63) is 62.6 Å². The lowest BCUT2D eigenvalue weighted by molar-refractivity contribution is -0.142. The summed E-state index contributed by atoms with van der Waals surface area (Å²) in [5, 5.41) is 3.95. The molecule has 0 saturated carbocycles. The number of H-pyrrole nitrogens is 1. The Morgan fingerprint density at radius 3 is 2.71 bits per heavy atom. The number of hydrogen-bond acceptors (Lipinski definition) is 3. The highest BCUT2D eigenvalue weighted by atomic mass is 19.4. The molecule has 1 aromatic carbocycles. The minimum absolute atomic E-state index is 0.157. The molecule has 1 N–H and O–H groups in total. The molecule has 2 heterocycles. The first-order valence-electron chi connectivity index (χ1n) is 7.04. The summed E-state index contributed by atoms with van der Waals surface area (Å²) < 4.78 is 38.7. The van der Waals surface area contributed by atoms with Gasteiger partial charge in [0.1, 0.15) is 6.54 Å². The van der Waals surface area contributed by atoms with Gasteiger partial charge in [-0.3, -0.25) is 14.0 Å². The second-order valence-corrected chi connectivity index (χ2v) is 5.53. The number of fused-ring (bicyclic) bond motifs is 1. The Kier molecular flexibility index (Phi) is 3.78. The molecule has 0 fully saturated rings. The van der Waals surface area contributed by atoms with Gasteiger partial charge in [-0.25, -0.2) is 4.79 Å². The topological polar surface area (TPSA) is 72.7 Å². The molecule has 0 aliphatic carbocycles. The third kappa shape index (κ3) is 3.24. The molecule has 0 unspecified atom stereocenters. The molecule has 126 valence electrons. The maximum atomic E-state index is 12.5. The maximum Gasteiger partial charge on any atom is 0.408 e. The number of aromatic amines is 1. The fraction of sp³-hybridized carbons (Fsp3) is 0.267. The number of aryl methyl sites for hydroxylation is 1. The number of aromatic nitrogens is 4. The molecule has 24 heavy (non-hydrogen) atoms. The number of halogens is 3. The van der Waals surface area contributed by atoms with Crippen LogP contribution in [0.2, 0.25) is 0 Å². The summed E-state index contributed by atoms with van der Waals surface area (Å²) in [6.45, 7) is 0.431. The van der Waals surface area contributed by atoms with Gasteiger partial charge in [0.2, 0.25) is 0 Å². The Labute approximate surface area is 133 Å². The van der Waals surface area contributed by atoms with Crippen molar-refractivity contribution in [2.45, 2.75) is 26.2 Å². The third-order valence-corrected chi connectivity index (χ3v) is 3.51. The van der Waals surface area contributed by atoms with E-state index in [1.54, 1.807) is 18.2 Å². The number of nitrogens with zero attached hydrogens (tertiary/aromatic N) is 3. The van der Waals surface area contributed by atoms with Crippen molar-refractivity contribution in [3.8, 4) is 0 Å². The summed E-state index contributed by atoms with van der Waals surface area (Å²) in [6.07, 6.45) is -2.02. The van der Waals surface area contributed by atoms with Crippen molar-refractivity contribution in [1.29, 1.82) is 0 Å². The van der Waals surface area contributed by atoms with E-state index in [9.17, 15) is 22.8 Å². The van der Waals surface area contributed by atoms with Gasteiger partial charge in [-0.05, 0) is 19.1 Å². The Morgan fingerprint density at radius 2 is 2.00 bits per heavy atom. The molecule has 0 atom stereocenters. The van der Waals surface area contributed by atoms with E-state index in [1.165, 1.54) is 12.4 Å². The molecule has 2 aromatic heterocycles. The summed E-state index contributed by atoms with van der Waals surface area (Å²) >= 11 is 0. The van der Waals surface area contributed by atoms with E-state index >= 15 is 0 Å². The van der Waals surface area contributed by atoms with Crippen molar-refractivity contribution in [3.63, 3.8) is 0 Å². The molecule has 0 amide bonds. The Bertz CT molecular complexity index is 1010. The van der Waals surface area contributed by atoms with Gasteiger partial charge >= 0.3 is 11.9 Å². The van der Waals surface area contributed by atoms with Crippen LogP contribution in [0.15, 0.2) is 40.2 Å². The van der Waals surface area contributed by atoms with Crippen molar-refractivity contribution in [1.82, 2.24) is 19.3 Å². The third-order valence-electron chi connectivity index (χ3n) is 3.51. The SMILES string of the molecule is Cc1ccc2[nH]c(=O)n(Cc3cnn(CC(F)(F)F)c3)c(=O)c2c1. The lowest BCUT2D eigenvalue weighted by Gasteiger charge is -2.06. The Balaban J connectivity index is 1.99. The molecule has 0 radical (unpaired) electrons. The van der Waals surface area contributed by atoms with Crippen molar-refractivity contribution in [2.24, 2.45) is 0 Å². The minimum atomic E-state index is -4.39. The van der Waals surface area contributed by atoms with Crippen molar-refractivity contribution < 1.29 is 13.2 Å². The summed E-state index contributed by atoms with van der Waals surface area (Å²) in [4.78, 5) is 27.1. The molecule has 3 rings (SSSR count). The summed E-state index contributed by atoms with van der Waals surface area (Å²) in [5.41, 5.74) is 0.482. The van der Waals surface area contributed by atoms with Crippen LogP contribution in [0.25, 0.3) is 10.9 Å². The fourth-order valence-corrected chi connectivity index (χ4v) is 2.45. The summed E-state index contributed by atoms with van der Waals surface area (Å²) in [7, 11) is 0. The van der Waals surface area contributed by atoms with Crippen molar-refractivity contribution in [2.75, 3.05) is 0 Å². The van der Waals surface area contributed by atoms with E-state index in [2.05, 4.69) is 10.1 Å². The average Bonchev–Trinajstić information content (AvgIpc) is 2.89. The molecule has 9 heteroatoms. The van der Waals surface area contributed by atoms with Gasteiger partial charge < -0.3 is 4.98 Å². The molecule has 0 bridgehead atoms. The molecule has 6 nitrogen and oxygen atoms in total. The van der Waals surface area contributed by atoms with E-state index in [4.69, 9.17) is 0 Å². The van der Waals surface area contributed by atoms with E-state index in [1.807, 2.05) is 6.92 Å². The number of hydrogen-bond donors (Lipinski definition) is 1. The molecule has 0 aliphatic rings. The number of nitrogens with one attached hydrogen (secondary N) is 1. The van der Waals surface area contributed by atoms with Crippen LogP contribution < -0.4 is 11.2 Å². The maximum absolute atomic E-state index is 12.5. The zero-order valence-corrected chi connectivity index (χ0v) is 12.6. The largest absolute Gasteiger partial charge is 0.408 e.